The molecule has 0 saturated heterocycles. The molecule has 1 amide bonds. The molecule has 0 spiro atoms. The van der Waals surface area contributed by atoms with Gasteiger partial charge in [0, 0.05) is 30.2 Å². The van der Waals surface area contributed by atoms with Crippen molar-refractivity contribution in [3.63, 3.8) is 0 Å². The number of halogens is 1. The Balaban J connectivity index is 1.59. The van der Waals surface area contributed by atoms with E-state index in [1.54, 1.807) is 30.6 Å². The van der Waals surface area contributed by atoms with Gasteiger partial charge in [-0.25, -0.2) is 14.4 Å². The average molecular weight is 322 g/mol. The number of amides is 1. The molecule has 120 valence electrons. The van der Waals surface area contributed by atoms with Gasteiger partial charge in [-0.3, -0.25) is 4.79 Å². The van der Waals surface area contributed by atoms with Gasteiger partial charge in [-0.15, -0.1) is 0 Å². The lowest BCUT2D eigenvalue weighted by atomic mass is 10.1. The minimum atomic E-state index is -0.341. The maximum Gasteiger partial charge on any atom is 0.255 e. The SMILES string of the molecule is O=C(Nc1ccc(F)cc1)c1ccc(CNc2ncccn2)cc1. The number of hydrogen-bond acceptors (Lipinski definition) is 4. The molecule has 0 radical (unpaired) electrons. The van der Waals surface area contributed by atoms with Crippen LogP contribution in [0.3, 0.4) is 0 Å². The molecule has 0 fully saturated rings. The fourth-order valence-corrected chi connectivity index (χ4v) is 2.08. The third-order valence-corrected chi connectivity index (χ3v) is 3.33. The first-order chi connectivity index (χ1) is 11.7. The highest BCUT2D eigenvalue weighted by Gasteiger charge is 2.06. The molecule has 0 bridgehead atoms. The van der Waals surface area contributed by atoms with E-state index in [0.717, 1.165) is 5.56 Å². The summed E-state index contributed by atoms with van der Waals surface area (Å²) >= 11 is 0. The van der Waals surface area contributed by atoms with E-state index in [0.29, 0.717) is 23.7 Å². The van der Waals surface area contributed by atoms with Gasteiger partial charge >= 0.3 is 0 Å². The summed E-state index contributed by atoms with van der Waals surface area (Å²) in [6.07, 6.45) is 3.33. The van der Waals surface area contributed by atoms with Crippen LogP contribution in [0.1, 0.15) is 15.9 Å². The fraction of sp³-hybridized carbons (Fsp3) is 0.0556. The molecule has 2 aromatic carbocycles. The van der Waals surface area contributed by atoms with E-state index in [1.807, 2.05) is 12.1 Å². The van der Waals surface area contributed by atoms with E-state index < -0.39 is 0 Å². The van der Waals surface area contributed by atoms with Crippen LogP contribution in [0.25, 0.3) is 0 Å². The quantitative estimate of drug-likeness (QED) is 0.755. The fourth-order valence-electron chi connectivity index (χ4n) is 2.08. The van der Waals surface area contributed by atoms with Gasteiger partial charge in [-0.05, 0) is 48.0 Å². The van der Waals surface area contributed by atoms with Gasteiger partial charge in [0.05, 0.1) is 0 Å². The van der Waals surface area contributed by atoms with Crippen molar-refractivity contribution in [1.82, 2.24) is 9.97 Å². The second-order valence-corrected chi connectivity index (χ2v) is 5.08. The van der Waals surface area contributed by atoms with Gasteiger partial charge in [0.1, 0.15) is 5.82 Å². The molecular formula is C18H15FN4O. The monoisotopic (exact) mass is 322 g/mol. The van der Waals surface area contributed by atoms with Crippen molar-refractivity contribution in [1.29, 1.82) is 0 Å². The summed E-state index contributed by atoms with van der Waals surface area (Å²) in [7, 11) is 0. The Morgan fingerprint density at radius 1 is 0.958 bits per heavy atom. The molecular weight excluding hydrogens is 307 g/mol. The van der Waals surface area contributed by atoms with Crippen molar-refractivity contribution in [3.8, 4) is 0 Å². The Morgan fingerprint density at radius 2 is 1.62 bits per heavy atom. The summed E-state index contributed by atoms with van der Waals surface area (Å²) < 4.78 is 12.9. The Bertz CT molecular complexity index is 805. The lowest BCUT2D eigenvalue weighted by Crippen LogP contribution is -2.12. The van der Waals surface area contributed by atoms with Gasteiger partial charge in [-0.2, -0.15) is 0 Å². The van der Waals surface area contributed by atoms with Crippen molar-refractivity contribution < 1.29 is 9.18 Å². The van der Waals surface area contributed by atoms with Gasteiger partial charge in [0.25, 0.3) is 5.91 Å². The van der Waals surface area contributed by atoms with Crippen molar-refractivity contribution in [2.75, 3.05) is 10.6 Å². The molecule has 5 nitrogen and oxygen atoms in total. The van der Waals surface area contributed by atoms with Gasteiger partial charge in [0.15, 0.2) is 0 Å². The lowest BCUT2D eigenvalue weighted by Gasteiger charge is -2.07. The van der Waals surface area contributed by atoms with E-state index in [9.17, 15) is 9.18 Å². The van der Waals surface area contributed by atoms with Crippen LogP contribution in [0.2, 0.25) is 0 Å². The first-order valence-electron chi connectivity index (χ1n) is 7.37. The Labute approximate surface area is 138 Å². The summed E-state index contributed by atoms with van der Waals surface area (Å²) in [6.45, 7) is 0.559. The predicted molar refractivity (Wildman–Crippen MR) is 90.2 cm³/mol. The Hall–Kier alpha value is -3.28. The zero-order valence-electron chi connectivity index (χ0n) is 12.7. The van der Waals surface area contributed by atoms with Crippen LogP contribution in [-0.4, -0.2) is 15.9 Å². The smallest absolute Gasteiger partial charge is 0.255 e. The van der Waals surface area contributed by atoms with Gasteiger partial charge in [0.2, 0.25) is 5.95 Å². The maximum absolute atomic E-state index is 12.9. The van der Waals surface area contributed by atoms with Crippen LogP contribution in [0.4, 0.5) is 16.0 Å². The Morgan fingerprint density at radius 3 is 2.29 bits per heavy atom. The summed E-state index contributed by atoms with van der Waals surface area (Å²) in [5.41, 5.74) is 2.08. The van der Waals surface area contributed by atoms with Crippen LogP contribution in [-0.2, 0) is 6.54 Å². The van der Waals surface area contributed by atoms with E-state index in [4.69, 9.17) is 0 Å². The zero-order chi connectivity index (χ0) is 16.8. The lowest BCUT2D eigenvalue weighted by molar-refractivity contribution is 0.102. The molecule has 0 atom stereocenters. The molecule has 3 aromatic rings. The van der Waals surface area contributed by atoms with Crippen LogP contribution in [0.15, 0.2) is 67.0 Å². The number of benzene rings is 2. The number of hydrogen-bond donors (Lipinski definition) is 2. The molecule has 3 rings (SSSR count). The average Bonchev–Trinajstić information content (AvgIpc) is 2.63. The topological polar surface area (TPSA) is 66.9 Å². The molecule has 1 aromatic heterocycles. The van der Waals surface area contributed by atoms with Gasteiger partial charge in [-0.1, -0.05) is 12.1 Å². The van der Waals surface area contributed by atoms with Crippen molar-refractivity contribution >= 4 is 17.5 Å². The summed E-state index contributed by atoms with van der Waals surface area (Å²) in [6, 6.07) is 14.6. The first kappa shape index (κ1) is 15.6. The number of anilines is 2. The molecule has 0 saturated carbocycles. The molecule has 0 aliphatic carbocycles. The number of nitrogens with one attached hydrogen (secondary N) is 2. The number of carbonyl (C=O) groups is 1. The first-order valence-corrected chi connectivity index (χ1v) is 7.37. The maximum atomic E-state index is 12.9. The van der Waals surface area contributed by atoms with Crippen LogP contribution in [0, 0.1) is 5.82 Å². The second-order valence-electron chi connectivity index (χ2n) is 5.08. The summed E-state index contributed by atoms with van der Waals surface area (Å²) in [4.78, 5) is 20.3. The molecule has 24 heavy (non-hydrogen) atoms. The molecule has 0 aliphatic heterocycles. The number of nitrogens with zero attached hydrogens (tertiary/aromatic N) is 2. The second kappa shape index (κ2) is 7.32. The third-order valence-electron chi connectivity index (χ3n) is 3.33. The molecule has 6 heteroatoms. The highest BCUT2D eigenvalue weighted by molar-refractivity contribution is 6.04. The molecule has 0 unspecified atom stereocenters. The predicted octanol–water partition coefficient (Wildman–Crippen LogP) is 3.48. The van der Waals surface area contributed by atoms with Crippen molar-refractivity contribution in [2.45, 2.75) is 6.54 Å². The Kier molecular flexibility index (Phi) is 4.76. The van der Waals surface area contributed by atoms with Crippen LogP contribution >= 0.6 is 0 Å². The van der Waals surface area contributed by atoms with Gasteiger partial charge < -0.3 is 10.6 Å². The number of aromatic nitrogens is 2. The van der Waals surface area contributed by atoms with Crippen LogP contribution in [0.5, 0.6) is 0 Å². The highest BCUT2D eigenvalue weighted by Crippen LogP contribution is 2.12. The van der Waals surface area contributed by atoms with Crippen LogP contribution < -0.4 is 10.6 Å². The normalized spacial score (nSPS) is 10.2. The minimum absolute atomic E-state index is 0.243. The molecule has 2 N–H and O–H groups in total. The summed E-state index contributed by atoms with van der Waals surface area (Å²) in [5.74, 6) is -0.0320. The third kappa shape index (κ3) is 4.13. The largest absolute Gasteiger partial charge is 0.350 e. The number of carbonyl (C=O) groups excluding carboxylic acids is 1. The molecule has 1 heterocycles. The van der Waals surface area contributed by atoms with E-state index in [-0.39, 0.29) is 11.7 Å². The molecule has 0 aliphatic rings. The summed E-state index contributed by atoms with van der Waals surface area (Å²) in [5, 5.41) is 5.82. The van der Waals surface area contributed by atoms with E-state index in [1.165, 1.54) is 24.3 Å². The van der Waals surface area contributed by atoms with Crippen molar-refractivity contribution in [2.24, 2.45) is 0 Å². The highest BCUT2D eigenvalue weighted by atomic mass is 19.1. The standard InChI is InChI=1S/C18H15FN4O/c19-15-6-8-16(9-7-15)23-17(24)14-4-2-13(3-5-14)12-22-18-20-10-1-11-21-18/h1-11H,12H2,(H,23,24)(H,20,21,22). The minimum Gasteiger partial charge on any atom is -0.350 e. The number of rotatable bonds is 5. The van der Waals surface area contributed by atoms with E-state index >= 15 is 0 Å². The van der Waals surface area contributed by atoms with Crippen molar-refractivity contribution in [3.05, 3.63) is 83.9 Å². The zero-order valence-corrected chi connectivity index (χ0v) is 12.7. The van der Waals surface area contributed by atoms with E-state index in [2.05, 4.69) is 20.6 Å².